The molecule has 8 nitrogen and oxygen atoms in total. The molecule has 1 saturated heterocycles. The van der Waals surface area contributed by atoms with Gasteiger partial charge in [0.25, 0.3) is 5.56 Å². The van der Waals surface area contributed by atoms with Gasteiger partial charge < -0.3 is 0 Å². The van der Waals surface area contributed by atoms with Gasteiger partial charge >= 0.3 is 0 Å². The smallest absolute Gasteiger partial charge is 0.267 e. The predicted octanol–water partition coefficient (Wildman–Crippen LogP) is 1.00. The third-order valence-corrected chi connectivity index (χ3v) is 5.56. The van der Waals surface area contributed by atoms with Crippen molar-refractivity contribution in [2.24, 2.45) is 5.92 Å². The van der Waals surface area contributed by atoms with Gasteiger partial charge in [-0.2, -0.15) is 14.7 Å². The number of fused-ring (bicyclic) bond motifs is 2. The summed E-state index contributed by atoms with van der Waals surface area (Å²) in [6.45, 7) is 5.26. The van der Waals surface area contributed by atoms with Crippen molar-refractivity contribution in [3.63, 3.8) is 0 Å². The van der Waals surface area contributed by atoms with Crippen LogP contribution in [0.5, 0.6) is 0 Å². The van der Waals surface area contributed by atoms with Gasteiger partial charge in [-0.3, -0.25) is 9.69 Å². The molecule has 0 N–H and O–H groups in total. The SMILES string of the molecule is Cc1ccc2nnc(CN3CC(Cn4nc5c(cc4=O)CCCC5)C3)n2n1. The normalized spacial score (nSPS) is 17.8. The summed E-state index contributed by atoms with van der Waals surface area (Å²) in [7, 11) is 0. The Balaban J connectivity index is 1.23. The molecule has 27 heavy (non-hydrogen) atoms. The highest BCUT2D eigenvalue weighted by Crippen LogP contribution is 2.21. The van der Waals surface area contributed by atoms with Crippen LogP contribution in [-0.2, 0) is 25.9 Å². The van der Waals surface area contributed by atoms with Crippen molar-refractivity contribution < 1.29 is 0 Å². The second-order valence-electron chi connectivity index (χ2n) is 7.76. The fourth-order valence-corrected chi connectivity index (χ4v) is 4.12. The van der Waals surface area contributed by atoms with Crippen LogP contribution in [0.3, 0.4) is 0 Å². The molecule has 0 bridgehead atoms. The minimum absolute atomic E-state index is 0.0391. The molecule has 3 aromatic heterocycles. The number of likely N-dealkylation sites (tertiary alicyclic amines) is 1. The zero-order valence-corrected chi connectivity index (χ0v) is 15.5. The van der Waals surface area contributed by atoms with E-state index in [0.29, 0.717) is 12.5 Å². The number of aryl methyl sites for hydroxylation is 3. The Labute approximate surface area is 156 Å². The van der Waals surface area contributed by atoms with Gasteiger partial charge in [0.2, 0.25) is 0 Å². The monoisotopic (exact) mass is 365 g/mol. The number of hydrogen-bond acceptors (Lipinski definition) is 6. The van der Waals surface area contributed by atoms with E-state index in [2.05, 4.69) is 25.3 Å². The maximum Gasteiger partial charge on any atom is 0.267 e. The van der Waals surface area contributed by atoms with E-state index in [1.807, 2.05) is 23.6 Å². The summed E-state index contributed by atoms with van der Waals surface area (Å²) in [5.74, 6) is 1.31. The molecule has 1 aliphatic carbocycles. The predicted molar refractivity (Wildman–Crippen MR) is 99.4 cm³/mol. The topological polar surface area (TPSA) is 81.2 Å². The van der Waals surface area contributed by atoms with E-state index in [0.717, 1.165) is 60.9 Å². The average Bonchev–Trinajstić information content (AvgIpc) is 3.02. The van der Waals surface area contributed by atoms with Gasteiger partial charge in [0.15, 0.2) is 11.5 Å². The van der Waals surface area contributed by atoms with Crippen molar-refractivity contribution in [3.05, 3.63) is 51.3 Å². The Morgan fingerprint density at radius 3 is 2.85 bits per heavy atom. The fourth-order valence-electron chi connectivity index (χ4n) is 4.12. The molecule has 4 heterocycles. The molecule has 0 amide bonds. The van der Waals surface area contributed by atoms with E-state index in [4.69, 9.17) is 0 Å². The van der Waals surface area contributed by atoms with E-state index < -0.39 is 0 Å². The minimum Gasteiger partial charge on any atom is -0.295 e. The molecular weight excluding hydrogens is 342 g/mol. The molecule has 2 aliphatic rings. The van der Waals surface area contributed by atoms with Crippen LogP contribution in [0.25, 0.3) is 5.65 Å². The Morgan fingerprint density at radius 2 is 1.96 bits per heavy atom. The first-order valence-electron chi connectivity index (χ1n) is 9.66. The lowest BCUT2D eigenvalue weighted by Crippen LogP contribution is -2.49. The first-order chi connectivity index (χ1) is 13.2. The maximum atomic E-state index is 12.3. The largest absolute Gasteiger partial charge is 0.295 e. The third-order valence-electron chi connectivity index (χ3n) is 5.56. The van der Waals surface area contributed by atoms with E-state index in [1.54, 1.807) is 10.7 Å². The van der Waals surface area contributed by atoms with Gasteiger partial charge in [0.05, 0.1) is 24.5 Å². The summed E-state index contributed by atoms with van der Waals surface area (Å²) < 4.78 is 3.49. The second-order valence-corrected chi connectivity index (χ2v) is 7.76. The van der Waals surface area contributed by atoms with Crippen molar-refractivity contribution in [2.45, 2.75) is 45.7 Å². The molecule has 0 radical (unpaired) electrons. The number of rotatable bonds is 4. The van der Waals surface area contributed by atoms with Crippen LogP contribution >= 0.6 is 0 Å². The molecule has 5 rings (SSSR count). The molecule has 1 aliphatic heterocycles. The highest BCUT2D eigenvalue weighted by molar-refractivity contribution is 5.36. The Kier molecular flexibility index (Phi) is 4.00. The molecule has 0 unspecified atom stereocenters. The first kappa shape index (κ1) is 16.6. The van der Waals surface area contributed by atoms with Gasteiger partial charge in [0.1, 0.15) is 0 Å². The summed E-state index contributed by atoms with van der Waals surface area (Å²) in [6.07, 6.45) is 4.34. The quantitative estimate of drug-likeness (QED) is 0.686. The summed E-state index contributed by atoms with van der Waals surface area (Å²) in [6, 6.07) is 5.68. The minimum atomic E-state index is 0.0391. The van der Waals surface area contributed by atoms with E-state index in [-0.39, 0.29) is 5.56 Å². The zero-order chi connectivity index (χ0) is 18.4. The molecule has 0 spiro atoms. The standard InChI is InChI=1S/C19H23N7O/c1-13-6-7-17-20-21-18(26(17)22-13)12-24-9-14(10-24)11-25-19(27)8-15-4-2-3-5-16(15)23-25/h6-8,14H,2-5,9-12H2,1H3. The van der Waals surface area contributed by atoms with Gasteiger partial charge in [-0.1, -0.05) is 0 Å². The van der Waals surface area contributed by atoms with E-state index in [1.165, 1.54) is 12.8 Å². The molecular formula is C19H23N7O. The van der Waals surface area contributed by atoms with Crippen LogP contribution in [0, 0.1) is 12.8 Å². The van der Waals surface area contributed by atoms with Crippen molar-refractivity contribution >= 4 is 5.65 Å². The molecule has 8 heteroatoms. The molecule has 0 aromatic carbocycles. The van der Waals surface area contributed by atoms with Gasteiger partial charge in [-0.25, -0.2) is 4.68 Å². The lowest BCUT2D eigenvalue weighted by atomic mass is 9.96. The first-order valence-corrected chi connectivity index (χ1v) is 9.66. The van der Waals surface area contributed by atoms with E-state index >= 15 is 0 Å². The molecule has 140 valence electrons. The van der Waals surface area contributed by atoms with E-state index in [9.17, 15) is 4.79 Å². The van der Waals surface area contributed by atoms with Gasteiger partial charge in [-0.05, 0) is 50.3 Å². The molecule has 1 fully saturated rings. The Morgan fingerprint density at radius 1 is 1.11 bits per heavy atom. The van der Waals surface area contributed by atoms with Crippen molar-refractivity contribution in [2.75, 3.05) is 13.1 Å². The van der Waals surface area contributed by atoms with Gasteiger partial charge in [-0.15, -0.1) is 10.2 Å². The van der Waals surface area contributed by atoms with Crippen molar-refractivity contribution in [3.8, 4) is 0 Å². The summed E-state index contributed by atoms with van der Waals surface area (Å²) in [4.78, 5) is 14.7. The highest BCUT2D eigenvalue weighted by atomic mass is 16.1. The Bertz CT molecular complexity index is 1050. The number of aromatic nitrogens is 6. The van der Waals surface area contributed by atoms with Gasteiger partial charge in [0, 0.05) is 25.1 Å². The van der Waals surface area contributed by atoms with Crippen molar-refractivity contribution in [1.29, 1.82) is 0 Å². The average molecular weight is 365 g/mol. The highest BCUT2D eigenvalue weighted by Gasteiger charge is 2.29. The number of nitrogens with zero attached hydrogens (tertiary/aromatic N) is 7. The Hall–Kier alpha value is -2.61. The summed E-state index contributed by atoms with van der Waals surface area (Å²) >= 11 is 0. The summed E-state index contributed by atoms with van der Waals surface area (Å²) in [5, 5.41) is 17.6. The van der Waals surface area contributed by atoms with Crippen LogP contribution in [0.1, 0.15) is 35.6 Å². The van der Waals surface area contributed by atoms with Crippen molar-refractivity contribution in [1.82, 2.24) is 34.5 Å². The molecule has 3 aromatic rings. The van der Waals surface area contributed by atoms with Crippen LogP contribution in [-0.4, -0.2) is 47.6 Å². The third kappa shape index (κ3) is 3.14. The lowest BCUT2D eigenvalue weighted by molar-refractivity contribution is 0.0731. The molecule has 0 saturated carbocycles. The van der Waals surface area contributed by atoms with Crippen LogP contribution in [0.2, 0.25) is 0 Å². The van der Waals surface area contributed by atoms with Crippen LogP contribution in [0.4, 0.5) is 0 Å². The zero-order valence-electron chi connectivity index (χ0n) is 15.5. The van der Waals surface area contributed by atoms with Crippen LogP contribution in [0.15, 0.2) is 23.0 Å². The second kappa shape index (κ2) is 6.53. The fraction of sp³-hybridized carbons (Fsp3) is 0.526. The van der Waals surface area contributed by atoms with Crippen LogP contribution < -0.4 is 5.56 Å². The summed E-state index contributed by atoms with van der Waals surface area (Å²) in [5.41, 5.74) is 4.03. The maximum absolute atomic E-state index is 12.3. The number of hydrogen-bond donors (Lipinski definition) is 0. The molecule has 0 atom stereocenters. The lowest BCUT2D eigenvalue weighted by Gasteiger charge is -2.38.